The topological polar surface area (TPSA) is 3.88 Å². The molecule has 0 radical (unpaired) electrons. The Hall–Kier alpha value is -1.63. The molecule has 1 aromatic rings. The Morgan fingerprint density at radius 1 is 1.08 bits per heavy atom. The van der Waals surface area contributed by atoms with Crippen LogP contribution < -0.4 is 4.57 Å². The molecule has 0 amide bonds. The lowest BCUT2D eigenvalue weighted by atomic mass is 10.1. The molecule has 0 bridgehead atoms. The van der Waals surface area contributed by atoms with Crippen LogP contribution in [0.2, 0.25) is 0 Å². The maximum Gasteiger partial charge on any atom is 0.177 e. The molecule has 0 aliphatic heterocycles. The fraction of sp³-hybridized carbons (Fsp3) is 0.0833. The Balaban J connectivity index is 2.21. The van der Waals surface area contributed by atoms with Crippen LogP contribution in [-0.2, 0) is 0 Å². The van der Waals surface area contributed by atoms with E-state index in [1.54, 1.807) is 0 Å². The van der Waals surface area contributed by atoms with Crippen molar-refractivity contribution in [3.05, 3.63) is 60.5 Å². The van der Waals surface area contributed by atoms with Crippen LogP contribution in [0.3, 0.4) is 0 Å². The van der Waals surface area contributed by atoms with Crippen LogP contribution >= 0.6 is 0 Å². The van der Waals surface area contributed by atoms with E-state index in [2.05, 4.69) is 35.1 Å². The van der Waals surface area contributed by atoms with Gasteiger partial charge in [-0.1, -0.05) is 30.4 Å². The van der Waals surface area contributed by atoms with Crippen molar-refractivity contribution in [1.29, 1.82) is 0 Å². The average molecular weight is 170 g/mol. The highest BCUT2D eigenvalue weighted by Gasteiger charge is 1.98. The summed E-state index contributed by atoms with van der Waals surface area (Å²) in [5.41, 5.74) is 1.33. The third-order valence-corrected chi connectivity index (χ3v) is 1.96. The minimum absolute atomic E-state index is 1.03. The fourth-order valence-corrected chi connectivity index (χ4v) is 1.32. The second-order valence-electron chi connectivity index (χ2n) is 3.02. The van der Waals surface area contributed by atoms with Gasteiger partial charge in [-0.25, -0.2) is 0 Å². The van der Waals surface area contributed by atoms with Crippen molar-refractivity contribution < 1.29 is 4.57 Å². The summed E-state index contributed by atoms with van der Waals surface area (Å²) >= 11 is 0. The minimum atomic E-state index is 1.03. The van der Waals surface area contributed by atoms with Crippen molar-refractivity contribution in [2.45, 2.75) is 6.42 Å². The number of hydrogen-bond acceptors (Lipinski definition) is 0. The van der Waals surface area contributed by atoms with Crippen molar-refractivity contribution in [3.63, 3.8) is 0 Å². The molecule has 1 aromatic heterocycles. The quantitative estimate of drug-likeness (QED) is 0.569. The summed E-state index contributed by atoms with van der Waals surface area (Å²) in [6.45, 7) is 0. The first-order valence-corrected chi connectivity index (χ1v) is 4.45. The highest BCUT2D eigenvalue weighted by molar-refractivity contribution is 5.37. The van der Waals surface area contributed by atoms with Crippen LogP contribution in [0.4, 0.5) is 0 Å². The van der Waals surface area contributed by atoms with Crippen molar-refractivity contribution in [2.75, 3.05) is 0 Å². The molecule has 0 spiro atoms. The number of aromatic nitrogens is 1. The van der Waals surface area contributed by atoms with Gasteiger partial charge in [0.2, 0.25) is 0 Å². The zero-order valence-corrected chi connectivity index (χ0v) is 7.43. The van der Waals surface area contributed by atoms with E-state index in [4.69, 9.17) is 0 Å². The molecule has 64 valence electrons. The van der Waals surface area contributed by atoms with Crippen molar-refractivity contribution >= 4 is 6.20 Å². The van der Waals surface area contributed by atoms with Gasteiger partial charge in [0, 0.05) is 17.7 Å². The van der Waals surface area contributed by atoms with E-state index in [9.17, 15) is 0 Å². The van der Waals surface area contributed by atoms with E-state index < -0.39 is 0 Å². The molecular weight excluding hydrogens is 158 g/mol. The van der Waals surface area contributed by atoms with E-state index in [1.807, 2.05) is 30.6 Å². The summed E-state index contributed by atoms with van der Waals surface area (Å²) in [4.78, 5) is 0. The Bertz CT molecular complexity index is 358. The standard InChI is InChI=1S/C12H12N/c1-3-7-12(8-4-1)11-13-9-5-2-6-10-13/h1-7,9-11H,8H2/q+1. The van der Waals surface area contributed by atoms with E-state index in [0.717, 1.165) is 6.42 Å². The Morgan fingerprint density at radius 3 is 2.62 bits per heavy atom. The normalized spacial score (nSPS) is 18.0. The van der Waals surface area contributed by atoms with Crippen LogP contribution in [0, 0.1) is 0 Å². The molecular formula is C12H12N+. The van der Waals surface area contributed by atoms with Crippen LogP contribution in [0.25, 0.3) is 6.20 Å². The van der Waals surface area contributed by atoms with Crippen LogP contribution in [0.15, 0.2) is 60.5 Å². The van der Waals surface area contributed by atoms with Crippen LogP contribution in [-0.4, -0.2) is 0 Å². The first-order chi connectivity index (χ1) is 6.45. The Labute approximate surface area is 78.3 Å². The molecule has 0 saturated carbocycles. The van der Waals surface area contributed by atoms with Gasteiger partial charge in [0.05, 0.1) is 0 Å². The van der Waals surface area contributed by atoms with Gasteiger partial charge in [0.1, 0.15) is 0 Å². The molecule has 2 rings (SSSR count). The SMILES string of the molecule is C1=CCC(=C[n+]2ccccc2)C=C1. The first-order valence-electron chi connectivity index (χ1n) is 4.45. The summed E-state index contributed by atoms with van der Waals surface area (Å²) < 4.78 is 2.07. The van der Waals surface area contributed by atoms with E-state index in [-0.39, 0.29) is 0 Å². The van der Waals surface area contributed by atoms with Crippen molar-refractivity contribution in [3.8, 4) is 0 Å². The van der Waals surface area contributed by atoms with Crippen LogP contribution in [0.5, 0.6) is 0 Å². The van der Waals surface area contributed by atoms with Gasteiger partial charge in [-0.05, 0) is 6.42 Å². The van der Waals surface area contributed by atoms with Gasteiger partial charge < -0.3 is 0 Å². The summed E-state index contributed by atoms with van der Waals surface area (Å²) in [5, 5.41) is 0. The predicted octanol–water partition coefficient (Wildman–Crippen LogP) is 2.33. The van der Waals surface area contributed by atoms with E-state index >= 15 is 0 Å². The molecule has 1 heteroatoms. The lowest BCUT2D eigenvalue weighted by Crippen LogP contribution is -2.24. The number of rotatable bonds is 1. The third kappa shape index (κ3) is 2.15. The maximum atomic E-state index is 2.16. The number of nitrogens with zero attached hydrogens (tertiary/aromatic N) is 1. The zero-order valence-electron chi connectivity index (χ0n) is 7.43. The number of pyridine rings is 1. The molecule has 0 atom stereocenters. The van der Waals surface area contributed by atoms with Gasteiger partial charge in [0.25, 0.3) is 0 Å². The molecule has 0 saturated heterocycles. The molecule has 0 aromatic carbocycles. The Kier molecular flexibility index (Phi) is 2.37. The lowest BCUT2D eigenvalue weighted by molar-refractivity contribution is -0.568. The van der Waals surface area contributed by atoms with E-state index in [0.29, 0.717) is 0 Å². The second-order valence-corrected chi connectivity index (χ2v) is 3.02. The third-order valence-electron chi connectivity index (χ3n) is 1.96. The van der Waals surface area contributed by atoms with Gasteiger partial charge in [0.15, 0.2) is 18.6 Å². The molecule has 1 aliphatic rings. The molecule has 13 heavy (non-hydrogen) atoms. The molecule has 1 nitrogen and oxygen atoms in total. The molecule has 0 fully saturated rings. The maximum absolute atomic E-state index is 2.16. The molecule has 0 unspecified atom stereocenters. The van der Waals surface area contributed by atoms with Gasteiger partial charge in [-0.2, -0.15) is 4.57 Å². The summed E-state index contributed by atoms with van der Waals surface area (Å²) in [6.07, 6.45) is 15.7. The number of hydrogen-bond donors (Lipinski definition) is 0. The Morgan fingerprint density at radius 2 is 1.92 bits per heavy atom. The van der Waals surface area contributed by atoms with Crippen molar-refractivity contribution in [1.82, 2.24) is 0 Å². The fourth-order valence-electron chi connectivity index (χ4n) is 1.32. The highest BCUT2D eigenvalue weighted by Crippen LogP contribution is 2.08. The average Bonchev–Trinajstić information content (AvgIpc) is 2.21. The van der Waals surface area contributed by atoms with Gasteiger partial charge in [-0.15, -0.1) is 0 Å². The predicted molar refractivity (Wildman–Crippen MR) is 53.8 cm³/mol. The van der Waals surface area contributed by atoms with E-state index in [1.165, 1.54) is 5.57 Å². The monoisotopic (exact) mass is 170 g/mol. The smallest absolute Gasteiger partial charge is 0.173 e. The molecule has 1 heterocycles. The summed E-state index contributed by atoms with van der Waals surface area (Å²) in [6, 6.07) is 6.07. The number of allylic oxidation sites excluding steroid dienone is 5. The first kappa shape index (κ1) is 7.99. The summed E-state index contributed by atoms with van der Waals surface area (Å²) in [5.74, 6) is 0. The van der Waals surface area contributed by atoms with Gasteiger partial charge in [-0.3, -0.25) is 0 Å². The molecule has 1 aliphatic carbocycles. The largest absolute Gasteiger partial charge is 0.177 e. The van der Waals surface area contributed by atoms with Crippen molar-refractivity contribution in [2.24, 2.45) is 0 Å². The summed E-state index contributed by atoms with van der Waals surface area (Å²) in [7, 11) is 0. The van der Waals surface area contributed by atoms with Crippen LogP contribution in [0.1, 0.15) is 6.42 Å². The second kappa shape index (κ2) is 3.85. The van der Waals surface area contributed by atoms with Gasteiger partial charge >= 0.3 is 0 Å². The minimum Gasteiger partial charge on any atom is -0.173 e. The zero-order chi connectivity index (χ0) is 8.93. The lowest BCUT2D eigenvalue weighted by Gasteiger charge is -1.97. The highest BCUT2D eigenvalue weighted by atomic mass is 14.9. The molecule has 0 N–H and O–H groups in total.